The van der Waals surface area contributed by atoms with Crippen LogP contribution in [-0.2, 0) is 73.2 Å². The van der Waals surface area contributed by atoms with Crippen LogP contribution in [-0.4, -0.2) is 109 Å². The van der Waals surface area contributed by atoms with E-state index in [0.717, 1.165) is 45.9 Å². The Balaban J connectivity index is 1.90. The van der Waals surface area contributed by atoms with Crippen molar-refractivity contribution in [2.75, 3.05) is 20.3 Å². The van der Waals surface area contributed by atoms with Gasteiger partial charge in [0.05, 0.1) is 32.5 Å². The Kier molecular flexibility index (Phi) is 15.2. The molecular formula is C36H42N2O16. The van der Waals surface area contributed by atoms with Crippen molar-refractivity contribution in [2.45, 2.75) is 83.7 Å². The number of carbonyl (C=O) groups excluding carboxylic acids is 8. The minimum Gasteiger partial charge on any atom is -0.465 e. The van der Waals surface area contributed by atoms with Gasteiger partial charge in [-0.05, 0) is 28.8 Å². The smallest absolute Gasteiger partial charge is 0.366 e. The molecule has 54 heavy (non-hydrogen) atoms. The standard InChI is InChI=1S/C36H42N2O16/c1-19(39)49-18-31(45)38-32-28(51-21(3)41)16-36(47,35(46)48-6)54-34(32)33(53-23(5)43)29(52-22(4)42)17-37-30(44)15-24-7-9-25(10-8-24)26-11-13-27(14-12-26)50-20(2)40/h7-14,28-29,32-34,47H,15-18H2,1-6H3,(H,37,44)(H,38,45)/t28-,29+,32+,33+,34+,36-/m0/s1. The maximum atomic E-state index is 13.2. The Bertz CT molecular complexity index is 1710. The zero-order valence-electron chi connectivity index (χ0n) is 30.4. The summed E-state index contributed by atoms with van der Waals surface area (Å²) in [5.74, 6) is -9.37. The zero-order chi connectivity index (χ0) is 40.2. The van der Waals surface area contributed by atoms with Crippen molar-refractivity contribution in [3.63, 3.8) is 0 Å². The highest BCUT2D eigenvalue weighted by molar-refractivity contribution is 5.81. The van der Waals surface area contributed by atoms with Crippen LogP contribution in [0.15, 0.2) is 48.5 Å². The fourth-order valence-corrected chi connectivity index (χ4v) is 5.56. The van der Waals surface area contributed by atoms with E-state index >= 15 is 0 Å². The average Bonchev–Trinajstić information content (AvgIpc) is 3.09. The summed E-state index contributed by atoms with van der Waals surface area (Å²) in [5, 5.41) is 16.3. The number of benzene rings is 2. The summed E-state index contributed by atoms with van der Waals surface area (Å²) in [6.07, 6.45) is -7.73. The summed E-state index contributed by atoms with van der Waals surface area (Å²) in [4.78, 5) is 98.3. The summed E-state index contributed by atoms with van der Waals surface area (Å²) >= 11 is 0. The lowest BCUT2D eigenvalue weighted by atomic mass is 9.88. The van der Waals surface area contributed by atoms with Crippen molar-refractivity contribution in [3.05, 3.63) is 54.1 Å². The van der Waals surface area contributed by atoms with Crippen molar-refractivity contribution < 1.29 is 76.6 Å². The zero-order valence-corrected chi connectivity index (χ0v) is 30.4. The van der Waals surface area contributed by atoms with E-state index in [2.05, 4.69) is 15.4 Å². The van der Waals surface area contributed by atoms with Crippen LogP contribution < -0.4 is 15.4 Å². The van der Waals surface area contributed by atoms with Gasteiger partial charge in [0.2, 0.25) is 5.91 Å². The Labute approximate surface area is 309 Å². The van der Waals surface area contributed by atoms with Gasteiger partial charge in [-0.25, -0.2) is 4.79 Å². The predicted molar refractivity (Wildman–Crippen MR) is 182 cm³/mol. The highest BCUT2D eigenvalue weighted by Gasteiger charge is 2.57. The van der Waals surface area contributed by atoms with E-state index in [4.69, 9.17) is 28.4 Å². The molecule has 0 radical (unpaired) electrons. The molecule has 3 rings (SSSR count). The quantitative estimate of drug-likeness (QED) is 0.127. The van der Waals surface area contributed by atoms with Gasteiger partial charge in [-0.3, -0.25) is 33.6 Å². The maximum absolute atomic E-state index is 13.2. The van der Waals surface area contributed by atoms with E-state index in [-0.39, 0.29) is 6.42 Å². The van der Waals surface area contributed by atoms with Crippen molar-refractivity contribution in [2.24, 2.45) is 0 Å². The second kappa shape index (κ2) is 19.3. The molecule has 1 saturated heterocycles. The molecule has 292 valence electrons. The van der Waals surface area contributed by atoms with Crippen LogP contribution in [0.1, 0.15) is 46.6 Å². The van der Waals surface area contributed by atoms with E-state index in [0.29, 0.717) is 11.3 Å². The lowest BCUT2D eigenvalue weighted by Gasteiger charge is -2.47. The van der Waals surface area contributed by atoms with Gasteiger partial charge >= 0.3 is 35.8 Å². The highest BCUT2D eigenvalue weighted by atomic mass is 16.7. The Morgan fingerprint density at radius 1 is 0.796 bits per heavy atom. The summed E-state index contributed by atoms with van der Waals surface area (Å²) < 4.78 is 36.5. The van der Waals surface area contributed by atoms with Gasteiger partial charge in [-0.15, -0.1) is 0 Å². The van der Waals surface area contributed by atoms with Crippen LogP contribution in [0, 0.1) is 0 Å². The Morgan fingerprint density at radius 2 is 1.39 bits per heavy atom. The summed E-state index contributed by atoms with van der Waals surface area (Å²) in [6, 6.07) is 12.2. The van der Waals surface area contributed by atoms with Crippen LogP contribution in [0.25, 0.3) is 11.1 Å². The summed E-state index contributed by atoms with van der Waals surface area (Å²) in [5.41, 5.74) is 2.23. The van der Waals surface area contributed by atoms with Crippen LogP contribution >= 0.6 is 0 Å². The topological polar surface area (TPSA) is 245 Å². The molecule has 0 aromatic heterocycles. The van der Waals surface area contributed by atoms with E-state index in [9.17, 15) is 43.5 Å². The molecule has 1 heterocycles. The third-order valence-electron chi connectivity index (χ3n) is 7.70. The molecule has 0 spiro atoms. The minimum absolute atomic E-state index is 0.151. The first-order valence-electron chi connectivity index (χ1n) is 16.5. The van der Waals surface area contributed by atoms with Crippen LogP contribution in [0.5, 0.6) is 5.75 Å². The number of amides is 2. The van der Waals surface area contributed by atoms with Gasteiger partial charge in [0.25, 0.3) is 11.7 Å². The minimum atomic E-state index is -2.85. The van der Waals surface area contributed by atoms with Crippen molar-refractivity contribution in [1.82, 2.24) is 10.6 Å². The fourth-order valence-electron chi connectivity index (χ4n) is 5.56. The molecule has 2 aromatic rings. The number of rotatable bonds is 15. The molecular weight excluding hydrogens is 716 g/mol. The number of carbonyl (C=O) groups is 8. The molecule has 0 unspecified atom stereocenters. The van der Waals surface area contributed by atoms with E-state index in [1.807, 2.05) is 0 Å². The SMILES string of the molecule is COC(=O)[C@]1(O)C[C@H](OC(C)=O)[C@@H](NC(=O)COC(C)=O)[C@H]([C@H](OC(C)=O)[C@@H](CNC(=O)Cc2ccc(-c3ccc(OC(C)=O)cc3)cc2)OC(C)=O)O1. The molecule has 0 saturated carbocycles. The third kappa shape index (κ3) is 12.7. The second-order valence-corrected chi connectivity index (χ2v) is 12.1. The molecule has 1 aliphatic rings. The van der Waals surface area contributed by atoms with Gasteiger partial charge in [0.15, 0.2) is 18.8 Å². The normalized spacial score (nSPS) is 20.2. The van der Waals surface area contributed by atoms with Gasteiger partial charge in [-0.1, -0.05) is 36.4 Å². The van der Waals surface area contributed by atoms with Gasteiger partial charge in [0.1, 0.15) is 18.0 Å². The van der Waals surface area contributed by atoms with E-state index in [1.165, 1.54) is 6.92 Å². The number of methoxy groups -OCH3 is 1. The molecule has 18 heteroatoms. The van der Waals surface area contributed by atoms with Crippen molar-refractivity contribution >= 4 is 47.6 Å². The number of hydrogen-bond donors (Lipinski definition) is 3. The molecule has 0 aliphatic carbocycles. The number of hydrogen-bond acceptors (Lipinski definition) is 16. The third-order valence-corrected chi connectivity index (χ3v) is 7.70. The molecule has 18 nitrogen and oxygen atoms in total. The monoisotopic (exact) mass is 758 g/mol. The van der Waals surface area contributed by atoms with Crippen molar-refractivity contribution in [1.29, 1.82) is 0 Å². The van der Waals surface area contributed by atoms with Gasteiger partial charge in [-0.2, -0.15) is 0 Å². The lowest BCUT2D eigenvalue weighted by Crippen LogP contribution is -2.69. The molecule has 2 aromatic carbocycles. The van der Waals surface area contributed by atoms with Crippen LogP contribution in [0.2, 0.25) is 0 Å². The molecule has 6 atom stereocenters. The van der Waals surface area contributed by atoms with Crippen LogP contribution in [0.3, 0.4) is 0 Å². The second-order valence-electron chi connectivity index (χ2n) is 12.1. The van der Waals surface area contributed by atoms with Crippen molar-refractivity contribution in [3.8, 4) is 16.9 Å². The maximum Gasteiger partial charge on any atom is 0.366 e. The highest BCUT2D eigenvalue weighted by Crippen LogP contribution is 2.34. The molecule has 1 fully saturated rings. The molecule has 2 amide bonds. The van der Waals surface area contributed by atoms with E-state index < -0.39 is 103 Å². The van der Waals surface area contributed by atoms with E-state index in [1.54, 1.807) is 48.5 Å². The number of ether oxygens (including phenoxy) is 7. The Morgan fingerprint density at radius 3 is 1.91 bits per heavy atom. The summed E-state index contributed by atoms with van der Waals surface area (Å²) in [6.45, 7) is 4.04. The molecule has 1 aliphatic heterocycles. The number of aliphatic hydroxyl groups is 1. The van der Waals surface area contributed by atoms with Crippen LogP contribution in [0.4, 0.5) is 0 Å². The first-order chi connectivity index (χ1) is 25.4. The first-order valence-corrected chi connectivity index (χ1v) is 16.5. The molecule has 0 bridgehead atoms. The first kappa shape index (κ1) is 42.5. The lowest BCUT2D eigenvalue weighted by molar-refractivity contribution is -0.298. The number of nitrogens with one attached hydrogen (secondary N) is 2. The fraction of sp³-hybridized carbons (Fsp3) is 0.444. The molecule has 3 N–H and O–H groups in total. The number of esters is 6. The average molecular weight is 759 g/mol. The van der Waals surface area contributed by atoms with Gasteiger partial charge in [0, 0.05) is 34.6 Å². The Hall–Kier alpha value is -5.88. The largest absolute Gasteiger partial charge is 0.465 e. The predicted octanol–water partition coefficient (Wildman–Crippen LogP) is 0.431. The van der Waals surface area contributed by atoms with Gasteiger partial charge < -0.3 is 48.9 Å². The summed E-state index contributed by atoms with van der Waals surface area (Å²) in [7, 11) is 0.936.